The molecule has 0 unspecified atom stereocenters. The topological polar surface area (TPSA) is 29.9 Å². The summed E-state index contributed by atoms with van der Waals surface area (Å²) >= 11 is 9.32. The van der Waals surface area contributed by atoms with Gasteiger partial charge in [-0.3, -0.25) is 4.68 Å². The molecular formula is C11H11BrClN3. The van der Waals surface area contributed by atoms with E-state index in [9.17, 15) is 0 Å². The second-order valence-electron chi connectivity index (χ2n) is 3.50. The molecule has 0 saturated heterocycles. The largest absolute Gasteiger partial charge is 0.380 e. The third-order valence-corrected chi connectivity index (χ3v) is 3.06. The highest BCUT2D eigenvalue weighted by molar-refractivity contribution is 9.10. The molecule has 16 heavy (non-hydrogen) atoms. The maximum atomic E-state index is 5.87. The highest BCUT2D eigenvalue weighted by Crippen LogP contribution is 2.26. The van der Waals surface area contributed by atoms with Crippen molar-refractivity contribution in [2.45, 2.75) is 6.54 Å². The van der Waals surface area contributed by atoms with E-state index >= 15 is 0 Å². The van der Waals surface area contributed by atoms with Crippen LogP contribution in [0.1, 0.15) is 5.56 Å². The van der Waals surface area contributed by atoms with Crippen molar-refractivity contribution in [3.05, 3.63) is 45.7 Å². The van der Waals surface area contributed by atoms with Crippen molar-refractivity contribution in [1.82, 2.24) is 9.78 Å². The van der Waals surface area contributed by atoms with Gasteiger partial charge in [-0.1, -0.05) is 11.6 Å². The first-order valence-corrected chi connectivity index (χ1v) is 5.99. The Balaban J connectivity index is 2.04. The van der Waals surface area contributed by atoms with E-state index in [-0.39, 0.29) is 0 Å². The standard InChI is InChI=1S/C11H11BrClN3/c1-16-7-8(6-15-16)5-14-11-3-2-9(13)4-10(11)12/h2-4,6-7,14H,5H2,1H3. The molecule has 0 aliphatic carbocycles. The van der Waals surface area contributed by atoms with Crippen LogP contribution in [0, 0.1) is 0 Å². The van der Waals surface area contributed by atoms with Crippen LogP contribution < -0.4 is 5.32 Å². The number of nitrogens with zero attached hydrogens (tertiary/aromatic N) is 2. The van der Waals surface area contributed by atoms with Crippen LogP contribution in [0.25, 0.3) is 0 Å². The van der Waals surface area contributed by atoms with E-state index in [1.165, 1.54) is 0 Å². The van der Waals surface area contributed by atoms with Gasteiger partial charge in [0.25, 0.3) is 0 Å². The van der Waals surface area contributed by atoms with Gasteiger partial charge in [0.2, 0.25) is 0 Å². The Morgan fingerprint density at radius 2 is 2.31 bits per heavy atom. The lowest BCUT2D eigenvalue weighted by Crippen LogP contribution is -1.98. The number of hydrogen-bond donors (Lipinski definition) is 1. The van der Waals surface area contributed by atoms with Gasteiger partial charge in [-0.05, 0) is 34.1 Å². The summed E-state index contributed by atoms with van der Waals surface area (Å²) in [5.74, 6) is 0. The number of hydrogen-bond acceptors (Lipinski definition) is 2. The van der Waals surface area contributed by atoms with Gasteiger partial charge in [-0.25, -0.2) is 0 Å². The third kappa shape index (κ3) is 2.77. The maximum Gasteiger partial charge on any atom is 0.0539 e. The van der Waals surface area contributed by atoms with Gasteiger partial charge < -0.3 is 5.32 Å². The lowest BCUT2D eigenvalue weighted by atomic mass is 10.3. The fourth-order valence-corrected chi connectivity index (χ4v) is 2.22. The average molecular weight is 301 g/mol. The van der Waals surface area contributed by atoms with E-state index in [1.54, 1.807) is 4.68 Å². The summed E-state index contributed by atoms with van der Waals surface area (Å²) < 4.78 is 2.75. The van der Waals surface area contributed by atoms with Crippen LogP contribution in [-0.2, 0) is 13.6 Å². The van der Waals surface area contributed by atoms with Gasteiger partial charge in [0.05, 0.1) is 6.20 Å². The zero-order chi connectivity index (χ0) is 11.5. The van der Waals surface area contributed by atoms with Crippen molar-refractivity contribution in [3.8, 4) is 0 Å². The highest BCUT2D eigenvalue weighted by Gasteiger charge is 2.01. The Labute approximate surface area is 108 Å². The van der Waals surface area contributed by atoms with Crippen LogP contribution in [0.3, 0.4) is 0 Å². The molecule has 0 bridgehead atoms. The molecule has 1 heterocycles. The van der Waals surface area contributed by atoms with Gasteiger partial charge in [-0.2, -0.15) is 5.10 Å². The Hall–Kier alpha value is -1.00. The van der Waals surface area contributed by atoms with Crippen molar-refractivity contribution in [2.24, 2.45) is 7.05 Å². The molecule has 0 radical (unpaired) electrons. The molecule has 1 aromatic heterocycles. The molecule has 2 aromatic rings. The number of aryl methyl sites for hydroxylation is 1. The third-order valence-electron chi connectivity index (χ3n) is 2.17. The zero-order valence-electron chi connectivity index (χ0n) is 8.74. The second-order valence-corrected chi connectivity index (χ2v) is 4.79. The summed E-state index contributed by atoms with van der Waals surface area (Å²) in [7, 11) is 1.90. The average Bonchev–Trinajstić information content (AvgIpc) is 2.63. The SMILES string of the molecule is Cn1cc(CNc2ccc(Cl)cc2Br)cn1. The second kappa shape index (κ2) is 4.89. The van der Waals surface area contributed by atoms with Crippen LogP contribution in [0.2, 0.25) is 5.02 Å². The molecule has 2 rings (SSSR count). The fourth-order valence-electron chi connectivity index (χ4n) is 1.39. The van der Waals surface area contributed by atoms with Gasteiger partial charge in [0.15, 0.2) is 0 Å². The summed E-state index contributed by atoms with van der Waals surface area (Å²) in [5.41, 5.74) is 2.16. The van der Waals surface area contributed by atoms with Crippen LogP contribution >= 0.6 is 27.5 Å². The van der Waals surface area contributed by atoms with Crippen LogP contribution in [0.15, 0.2) is 35.1 Å². The van der Waals surface area contributed by atoms with Crippen molar-refractivity contribution in [2.75, 3.05) is 5.32 Å². The predicted octanol–water partition coefficient (Wildman–Crippen LogP) is 3.45. The number of benzene rings is 1. The first-order chi connectivity index (χ1) is 7.65. The number of anilines is 1. The first kappa shape index (κ1) is 11.5. The molecule has 0 spiro atoms. The maximum absolute atomic E-state index is 5.87. The highest BCUT2D eigenvalue weighted by atomic mass is 79.9. The first-order valence-electron chi connectivity index (χ1n) is 4.81. The van der Waals surface area contributed by atoms with E-state index in [2.05, 4.69) is 26.3 Å². The zero-order valence-corrected chi connectivity index (χ0v) is 11.1. The molecule has 0 fully saturated rings. The van der Waals surface area contributed by atoms with Crippen LogP contribution in [-0.4, -0.2) is 9.78 Å². The normalized spacial score (nSPS) is 10.4. The summed E-state index contributed by atoms with van der Waals surface area (Å²) in [4.78, 5) is 0. The summed E-state index contributed by atoms with van der Waals surface area (Å²) in [6.07, 6.45) is 3.83. The monoisotopic (exact) mass is 299 g/mol. The van der Waals surface area contributed by atoms with E-state index < -0.39 is 0 Å². The minimum Gasteiger partial charge on any atom is -0.380 e. The summed E-state index contributed by atoms with van der Waals surface area (Å²) in [6, 6.07) is 5.67. The molecule has 1 aromatic carbocycles. The molecule has 0 aliphatic rings. The summed E-state index contributed by atoms with van der Waals surface area (Å²) in [5, 5.41) is 8.14. The summed E-state index contributed by atoms with van der Waals surface area (Å²) in [6.45, 7) is 0.744. The van der Waals surface area contributed by atoms with Crippen molar-refractivity contribution in [3.63, 3.8) is 0 Å². The number of aromatic nitrogens is 2. The lowest BCUT2D eigenvalue weighted by Gasteiger charge is -2.07. The van der Waals surface area contributed by atoms with Crippen LogP contribution in [0.4, 0.5) is 5.69 Å². The fraction of sp³-hybridized carbons (Fsp3) is 0.182. The predicted molar refractivity (Wildman–Crippen MR) is 69.7 cm³/mol. The molecule has 5 heteroatoms. The number of halogens is 2. The molecule has 3 nitrogen and oxygen atoms in total. The van der Waals surface area contributed by atoms with Gasteiger partial charge >= 0.3 is 0 Å². The number of nitrogens with one attached hydrogen (secondary N) is 1. The minimum atomic E-state index is 0.721. The Morgan fingerprint density at radius 1 is 1.50 bits per heavy atom. The van der Waals surface area contributed by atoms with Gasteiger partial charge in [-0.15, -0.1) is 0 Å². The van der Waals surface area contributed by atoms with E-state index in [1.807, 2.05) is 37.6 Å². The van der Waals surface area contributed by atoms with E-state index in [0.29, 0.717) is 0 Å². The molecule has 84 valence electrons. The Bertz CT molecular complexity index is 496. The number of rotatable bonds is 3. The Kier molecular flexibility index (Phi) is 3.51. The minimum absolute atomic E-state index is 0.721. The quantitative estimate of drug-likeness (QED) is 0.941. The molecule has 0 saturated carbocycles. The Morgan fingerprint density at radius 3 is 2.94 bits per heavy atom. The molecule has 1 N–H and O–H groups in total. The van der Waals surface area contributed by atoms with Crippen molar-refractivity contribution in [1.29, 1.82) is 0 Å². The molecule has 0 aliphatic heterocycles. The van der Waals surface area contributed by atoms with Crippen molar-refractivity contribution >= 4 is 33.2 Å². The smallest absolute Gasteiger partial charge is 0.0539 e. The van der Waals surface area contributed by atoms with E-state index in [0.717, 1.165) is 27.3 Å². The van der Waals surface area contributed by atoms with Gasteiger partial charge in [0.1, 0.15) is 0 Å². The van der Waals surface area contributed by atoms with Crippen molar-refractivity contribution < 1.29 is 0 Å². The van der Waals surface area contributed by atoms with Gasteiger partial charge in [0, 0.05) is 40.5 Å². The van der Waals surface area contributed by atoms with E-state index in [4.69, 9.17) is 11.6 Å². The molecular weight excluding hydrogens is 289 g/mol. The molecule has 0 atom stereocenters. The van der Waals surface area contributed by atoms with Crippen LogP contribution in [0.5, 0.6) is 0 Å². The lowest BCUT2D eigenvalue weighted by molar-refractivity contribution is 0.767. The molecule has 0 amide bonds.